The van der Waals surface area contributed by atoms with Gasteiger partial charge in [0.15, 0.2) is 5.16 Å². The third kappa shape index (κ3) is 4.07. The van der Waals surface area contributed by atoms with E-state index in [-0.39, 0.29) is 5.91 Å². The van der Waals surface area contributed by atoms with Gasteiger partial charge in [-0.15, -0.1) is 10.2 Å². The van der Waals surface area contributed by atoms with Crippen LogP contribution >= 0.6 is 11.8 Å². The smallest absolute Gasteiger partial charge is 0.234 e. The van der Waals surface area contributed by atoms with Gasteiger partial charge in [0.1, 0.15) is 5.82 Å². The van der Waals surface area contributed by atoms with Gasteiger partial charge in [0.05, 0.1) is 5.75 Å². The largest absolute Gasteiger partial charge is 0.325 e. The molecule has 0 aliphatic heterocycles. The first-order valence-corrected chi connectivity index (χ1v) is 7.98. The molecule has 0 radical (unpaired) electrons. The van der Waals surface area contributed by atoms with Crippen molar-refractivity contribution in [3.8, 4) is 0 Å². The minimum atomic E-state index is -0.0296. The number of benzene rings is 1. The summed E-state index contributed by atoms with van der Waals surface area (Å²) in [6.07, 6.45) is 1.02. The number of hydrogen-bond acceptors (Lipinski definition) is 4. The number of carbonyl (C=O) groups excluding carboxylic acids is 1. The topological polar surface area (TPSA) is 59.8 Å². The third-order valence-electron chi connectivity index (χ3n) is 3.10. The first-order chi connectivity index (χ1) is 10.1. The van der Waals surface area contributed by atoms with Crippen molar-refractivity contribution >= 4 is 23.4 Å². The second kappa shape index (κ2) is 7.26. The molecule has 1 aromatic heterocycles. The number of para-hydroxylation sites is 1. The van der Waals surface area contributed by atoms with Crippen LogP contribution in [-0.2, 0) is 11.3 Å². The molecule has 1 heterocycles. The average molecular weight is 304 g/mol. The highest BCUT2D eigenvalue weighted by molar-refractivity contribution is 7.99. The van der Waals surface area contributed by atoms with Crippen molar-refractivity contribution in [1.82, 2.24) is 14.8 Å². The summed E-state index contributed by atoms with van der Waals surface area (Å²) < 4.78 is 2.05. The molecular weight excluding hydrogens is 284 g/mol. The lowest BCUT2D eigenvalue weighted by atomic mass is 10.2. The van der Waals surface area contributed by atoms with Crippen LogP contribution in [0, 0.1) is 13.8 Å². The molecule has 0 bridgehead atoms. The first kappa shape index (κ1) is 15.6. The molecule has 6 heteroatoms. The van der Waals surface area contributed by atoms with Gasteiger partial charge in [-0.1, -0.05) is 36.9 Å². The monoisotopic (exact) mass is 304 g/mol. The SMILES string of the molecule is CCCn1c(C)nnc1SCC(=O)Nc1ccccc1C. The zero-order valence-electron chi connectivity index (χ0n) is 12.6. The van der Waals surface area contributed by atoms with Gasteiger partial charge in [-0.05, 0) is 31.9 Å². The second-order valence-electron chi connectivity index (χ2n) is 4.83. The summed E-state index contributed by atoms with van der Waals surface area (Å²) in [6.45, 7) is 6.89. The minimum absolute atomic E-state index is 0.0296. The summed E-state index contributed by atoms with van der Waals surface area (Å²) in [7, 11) is 0. The molecule has 2 rings (SSSR count). The van der Waals surface area contributed by atoms with E-state index in [9.17, 15) is 4.79 Å². The summed E-state index contributed by atoms with van der Waals surface area (Å²) in [5.74, 6) is 1.19. The summed E-state index contributed by atoms with van der Waals surface area (Å²) in [6, 6.07) is 7.75. The Balaban J connectivity index is 1.94. The number of carbonyl (C=O) groups is 1. The van der Waals surface area contributed by atoms with Crippen LogP contribution < -0.4 is 5.32 Å². The fourth-order valence-corrected chi connectivity index (χ4v) is 2.79. The lowest BCUT2D eigenvalue weighted by Crippen LogP contribution is -2.15. The quantitative estimate of drug-likeness (QED) is 0.833. The number of amides is 1. The summed E-state index contributed by atoms with van der Waals surface area (Å²) in [5, 5.41) is 11.9. The molecule has 0 fully saturated rings. The number of anilines is 1. The molecule has 2 aromatic rings. The molecule has 21 heavy (non-hydrogen) atoms. The predicted molar refractivity (Wildman–Crippen MR) is 85.6 cm³/mol. The van der Waals surface area contributed by atoms with Gasteiger partial charge in [-0.3, -0.25) is 4.79 Å². The molecule has 0 atom stereocenters. The van der Waals surface area contributed by atoms with Crippen LogP contribution in [0.2, 0.25) is 0 Å². The zero-order valence-corrected chi connectivity index (χ0v) is 13.4. The Hall–Kier alpha value is -1.82. The molecule has 5 nitrogen and oxygen atoms in total. The average Bonchev–Trinajstić information content (AvgIpc) is 2.81. The van der Waals surface area contributed by atoms with Gasteiger partial charge in [0.2, 0.25) is 5.91 Å². The Morgan fingerprint density at radius 2 is 2.05 bits per heavy atom. The molecule has 1 aromatic carbocycles. The number of aromatic nitrogens is 3. The summed E-state index contributed by atoms with van der Waals surface area (Å²) in [4.78, 5) is 12.0. The van der Waals surface area contributed by atoms with Crippen molar-refractivity contribution in [2.75, 3.05) is 11.1 Å². The molecule has 0 aliphatic carbocycles. The van der Waals surface area contributed by atoms with Crippen LogP contribution in [0.4, 0.5) is 5.69 Å². The molecule has 0 spiro atoms. The van der Waals surface area contributed by atoms with Crippen molar-refractivity contribution in [1.29, 1.82) is 0 Å². The lowest BCUT2D eigenvalue weighted by molar-refractivity contribution is -0.113. The number of nitrogens with zero attached hydrogens (tertiary/aromatic N) is 3. The van der Waals surface area contributed by atoms with Gasteiger partial charge in [-0.25, -0.2) is 0 Å². The van der Waals surface area contributed by atoms with Gasteiger partial charge < -0.3 is 9.88 Å². The van der Waals surface area contributed by atoms with Crippen LogP contribution in [0.1, 0.15) is 24.7 Å². The molecule has 0 aliphatic rings. The van der Waals surface area contributed by atoms with E-state index in [0.29, 0.717) is 5.75 Å². The number of thioether (sulfide) groups is 1. The molecule has 0 unspecified atom stereocenters. The molecule has 0 saturated heterocycles. The summed E-state index contributed by atoms with van der Waals surface area (Å²) >= 11 is 1.42. The Morgan fingerprint density at radius 3 is 2.76 bits per heavy atom. The maximum atomic E-state index is 12.0. The molecule has 1 N–H and O–H groups in total. The number of hydrogen-bond donors (Lipinski definition) is 1. The fourth-order valence-electron chi connectivity index (χ4n) is 1.98. The van der Waals surface area contributed by atoms with E-state index in [1.165, 1.54) is 11.8 Å². The van der Waals surface area contributed by atoms with Crippen molar-refractivity contribution in [3.63, 3.8) is 0 Å². The van der Waals surface area contributed by atoms with Crippen molar-refractivity contribution in [2.24, 2.45) is 0 Å². The second-order valence-corrected chi connectivity index (χ2v) is 5.78. The molecule has 112 valence electrons. The highest BCUT2D eigenvalue weighted by Gasteiger charge is 2.11. The fraction of sp³-hybridized carbons (Fsp3) is 0.400. The van der Waals surface area contributed by atoms with E-state index in [0.717, 1.165) is 35.2 Å². The highest BCUT2D eigenvalue weighted by atomic mass is 32.2. The zero-order chi connectivity index (χ0) is 15.2. The highest BCUT2D eigenvalue weighted by Crippen LogP contribution is 2.18. The minimum Gasteiger partial charge on any atom is -0.325 e. The third-order valence-corrected chi connectivity index (χ3v) is 4.07. The van der Waals surface area contributed by atoms with Gasteiger partial charge in [0, 0.05) is 12.2 Å². The van der Waals surface area contributed by atoms with Crippen molar-refractivity contribution in [2.45, 2.75) is 38.9 Å². The maximum absolute atomic E-state index is 12.0. The van der Waals surface area contributed by atoms with E-state index >= 15 is 0 Å². The Kier molecular flexibility index (Phi) is 5.38. The van der Waals surface area contributed by atoms with Crippen molar-refractivity contribution in [3.05, 3.63) is 35.7 Å². The standard InChI is InChI=1S/C15H20N4OS/c1-4-9-19-12(3)17-18-15(19)21-10-14(20)16-13-8-6-5-7-11(13)2/h5-8H,4,9-10H2,1-3H3,(H,16,20). The molecule has 1 amide bonds. The van der Waals surface area contributed by atoms with E-state index in [1.807, 2.05) is 42.7 Å². The van der Waals surface area contributed by atoms with Crippen LogP contribution in [-0.4, -0.2) is 26.4 Å². The van der Waals surface area contributed by atoms with Gasteiger partial charge in [-0.2, -0.15) is 0 Å². The van der Waals surface area contributed by atoms with Crippen LogP contribution in [0.25, 0.3) is 0 Å². The van der Waals surface area contributed by atoms with Crippen LogP contribution in [0.3, 0.4) is 0 Å². The molecular formula is C15H20N4OS. The Labute approximate surface area is 129 Å². The normalized spacial score (nSPS) is 10.6. The van der Waals surface area contributed by atoms with E-state index in [4.69, 9.17) is 0 Å². The maximum Gasteiger partial charge on any atom is 0.234 e. The Morgan fingerprint density at radius 1 is 1.29 bits per heavy atom. The van der Waals surface area contributed by atoms with Gasteiger partial charge >= 0.3 is 0 Å². The molecule has 0 saturated carbocycles. The summed E-state index contributed by atoms with van der Waals surface area (Å²) in [5.41, 5.74) is 1.91. The Bertz CT molecular complexity index is 624. The number of nitrogens with one attached hydrogen (secondary N) is 1. The van der Waals surface area contributed by atoms with E-state index in [2.05, 4.69) is 22.4 Å². The number of rotatable bonds is 6. The lowest BCUT2D eigenvalue weighted by Gasteiger charge is -2.08. The van der Waals surface area contributed by atoms with E-state index in [1.54, 1.807) is 0 Å². The van der Waals surface area contributed by atoms with Crippen LogP contribution in [0.15, 0.2) is 29.4 Å². The van der Waals surface area contributed by atoms with Crippen LogP contribution in [0.5, 0.6) is 0 Å². The first-order valence-electron chi connectivity index (χ1n) is 7.00. The predicted octanol–water partition coefficient (Wildman–Crippen LogP) is 3.04. The van der Waals surface area contributed by atoms with Gasteiger partial charge in [0.25, 0.3) is 0 Å². The van der Waals surface area contributed by atoms with E-state index < -0.39 is 0 Å². The van der Waals surface area contributed by atoms with Crippen molar-refractivity contribution < 1.29 is 4.79 Å². The number of aryl methyl sites for hydroxylation is 2.